The van der Waals surface area contributed by atoms with E-state index < -0.39 is 17.2 Å². The SMILES string of the molecule is COc1ccc(Cl)cc1NC(=O)c1cccc(N2C(=O)[C@H]3C4c5ccccc5C(c5ccccc54)[C@]3(C)C2=O)c1. The summed E-state index contributed by atoms with van der Waals surface area (Å²) in [5, 5.41) is 3.28. The minimum absolute atomic E-state index is 0.217. The number of ether oxygens (including phenoxy) is 1. The van der Waals surface area contributed by atoms with Gasteiger partial charge in [0.15, 0.2) is 0 Å². The van der Waals surface area contributed by atoms with Crippen LogP contribution in [0.25, 0.3) is 0 Å². The number of benzene rings is 4. The van der Waals surface area contributed by atoms with Crippen molar-refractivity contribution >= 4 is 40.7 Å². The molecule has 1 aliphatic heterocycles. The van der Waals surface area contributed by atoms with Crippen molar-refractivity contribution in [3.8, 4) is 5.75 Å². The van der Waals surface area contributed by atoms with E-state index in [4.69, 9.17) is 16.3 Å². The van der Waals surface area contributed by atoms with Crippen LogP contribution in [0.5, 0.6) is 5.75 Å². The fraction of sp³-hybridized carbons (Fsp3) is 0.182. The number of halogens is 1. The van der Waals surface area contributed by atoms with Gasteiger partial charge in [-0.25, -0.2) is 4.90 Å². The summed E-state index contributed by atoms with van der Waals surface area (Å²) in [4.78, 5) is 43.1. The monoisotopic (exact) mass is 548 g/mol. The van der Waals surface area contributed by atoms with Crippen LogP contribution in [-0.4, -0.2) is 24.8 Å². The molecular formula is C33H25ClN2O4. The molecule has 0 spiro atoms. The predicted molar refractivity (Wildman–Crippen MR) is 153 cm³/mol. The second-order valence-electron chi connectivity index (χ2n) is 10.8. The molecule has 1 heterocycles. The highest BCUT2D eigenvalue weighted by Crippen LogP contribution is 2.67. The van der Waals surface area contributed by atoms with Crippen LogP contribution in [0.3, 0.4) is 0 Å². The van der Waals surface area contributed by atoms with Gasteiger partial charge in [0, 0.05) is 22.4 Å². The quantitative estimate of drug-likeness (QED) is 0.300. The van der Waals surface area contributed by atoms with Crippen molar-refractivity contribution in [1.29, 1.82) is 0 Å². The molecule has 40 heavy (non-hydrogen) atoms. The normalized spacial score (nSPS) is 23.9. The summed E-state index contributed by atoms with van der Waals surface area (Å²) in [6, 6.07) is 27.9. The topological polar surface area (TPSA) is 75.7 Å². The van der Waals surface area contributed by atoms with E-state index in [1.54, 1.807) is 42.5 Å². The largest absolute Gasteiger partial charge is 0.495 e. The lowest BCUT2D eigenvalue weighted by molar-refractivity contribution is -0.128. The second-order valence-corrected chi connectivity index (χ2v) is 11.2. The summed E-state index contributed by atoms with van der Waals surface area (Å²) in [6.45, 7) is 1.93. The van der Waals surface area contributed by atoms with Crippen LogP contribution in [0, 0.1) is 11.3 Å². The Balaban J connectivity index is 1.28. The first-order chi connectivity index (χ1) is 19.3. The molecule has 0 aromatic heterocycles. The molecule has 4 aliphatic rings. The molecule has 4 aromatic rings. The number of methoxy groups -OCH3 is 1. The number of carbonyl (C=O) groups is 3. The number of nitrogens with zero attached hydrogens (tertiary/aromatic N) is 1. The molecule has 0 saturated carbocycles. The van der Waals surface area contributed by atoms with Gasteiger partial charge in [0.2, 0.25) is 11.8 Å². The molecular weight excluding hydrogens is 524 g/mol. The molecule has 1 saturated heterocycles. The van der Waals surface area contributed by atoms with E-state index in [0.717, 1.165) is 22.3 Å². The van der Waals surface area contributed by atoms with E-state index in [1.165, 1.54) is 12.0 Å². The molecule has 3 amide bonds. The zero-order valence-corrected chi connectivity index (χ0v) is 22.6. The Morgan fingerprint density at radius 2 is 1.52 bits per heavy atom. The van der Waals surface area contributed by atoms with Crippen molar-refractivity contribution in [3.63, 3.8) is 0 Å². The molecule has 0 radical (unpaired) electrons. The van der Waals surface area contributed by atoms with Crippen LogP contribution in [0.1, 0.15) is 51.4 Å². The fourth-order valence-electron chi connectivity index (χ4n) is 7.12. The average molecular weight is 549 g/mol. The van der Waals surface area contributed by atoms with Crippen molar-refractivity contribution in [2.45, 2.75) is 18.8 Å². The number of carbonyl (C=O) groups excluding carboxylic acids is 3. The zero-order chi connectivity index (χ0) is 27.8. The Morgan fingerprint density at radius 1 is 0.875 bits per heavy atom. The van der Waals surface area contributed by atoms with Gasteiger partial charge in [0.05, 0.1) is 29.8 Å². The fourth-order valence-corrected chi connectivity index (χ4v) is 7.29. The van der Waals surface area contributed by atoms with Gasteiger partial charge in [-0.3, -0.25) is 14.4 Å². The highest BCUT2D eigenvalue weighted by Gasteiger charge is 2.68. The van der Waals surface area contributed by atoms with Gasteiger partial charge in [-0.2, -0.15) is 0 Å². The van der Waals surface area contributed by atoms with E-state index in [2.05, 4.69) is 29.6 Å². The van der Waals surface area contributed by atoms with Crippen molar-refractivity contribution in [2.24, 2.45) is 11.3 Å². The van der Waals surface area contributed by atoms with E-state index in [-0.39, 0.29) is 23.7 Å². The van der Waals surface area contributed by atoms with Crippen LogP contribution in [-0.2, 0) is 9.59 Å². The van der Waals surface area contributed by atoms with Crippen LogP contribution in [0.2, 0.25) is 5.02 Å². The molecule has 8 rings (SSSR count). The average Bonchev–Trinajstić information content (AvgIpc) is 3.18. The number of hydrogen-bond donors (Lipinski definition) is 1. The van der Waals surface area contributed by atoms with E-state index in [0.29, 0.717) is 27.7 Å². The Hall–Kier alpha value is -4.42. The lowest BCUT2D eigenvalue weighted by Gasteiger charge is -2.51. The summed E-state index contributed by atoms with van der Waals surface area (Å²) in [5.74, 6) is -1.42. The third kappa shape index (κ3) is 3.26. The molecule has 4 aromatic carbocycles. The van der Waals surface area contributed by atoms with Gasteiger partial charge in [0.1, 0.15) is 5.75 Å². The number of hydrogen-bond acceptors (Lipinski definition) is 4. The molecule has 3 aliphatic carbocycles. The molecule has 1 N–H and O–H groups in total. The van der Waals surface area contributed by atoms with Gasteiger partial charge >= 0.3 is 0 Å². The Bertz CT molecular complexity index is 1700. The van der Waals surface area contributed by atoms with Crippen molar-refractivity contribution in [2.75, 3.05) is 17.3 Å². The van der Waals surface area contributed by atoms with E-state index >= 15 is 0 Å². The first-order valence-electron chi connectivity index (χ1n) is 13.2. The van der Waals surface area contributed by atoms with Crippen molar-refractivity contribution in [3.05, 3.63) is 124 Å². The maximum atomic E-state index is 14.3. The third-order valence-electron chi connectivity index (χ3n) is 8.79. The summed E-state index contributed by atoms with van der Waals surface area (Å²) >= 11 is 6.13. The Morgan fingerprint density at radius 3 is 2.17 bits per heavy atom. The van der Waals surface area contributed by atoms with Crippen molar-refractivity contribution < 1.29 is 19.1 Å². The molecule has 7 heteroatoms. The van der Waals surface area contributed by atoms with E-state index in [1.807, 2.05) is 31.2 Å². The highest BCUT2D eigenvalue weighted by molar-refractivity contribution is 6.31. The lowest BCUT2D eigenvalue weighted by atomic mass is 9.48. The van der Waals surface area contributed by atoms with Gasteiger partial charge in [-0.1, -0.05) is 66.2 Å². The third-order valence-corrected chi connectivity index (χ3v) is 9.02. The number of anilines is 2. The Kier molecular flexibility index (Phi) is 5.41. The first kappa shape index (κ1) is 24.6. The number of amides is 3. The molecule has 6 nitrogen and oxygen atoms in total. The standard InChI is InChI=1S/C33H25ClN2O4/c1-33-28-23-12-5-3-10-21(23)27(22-11-4-6-13-24(22)28)29(33)31(38)36(32(33)39)20-9-7-8-18(16-20)30(37)35-25-17-19(34)14-15-26(25)40-2/h3-17,27-29H,1-2H3,(H,35,37)/t27?,28?,29-,33+/m1/s1. The number of rotatable bonds is 4. The van der Waals surface area contributed by atoms with Gasteiger partial charge in [-0.05, 0) is 65.6 Å². The number of imide groups is 1. The van der Waals surface area contributed by atoms with Gasteiger partial charge in [-0.15, -0.1) is 0 Å². The van der Waals surface area contributed by atoms with Gasteiger partial charge < -0.3 is 10.1 Å². The minimum atomic E-state index is -0.948. The zero-order valence-electron chi connectivity index (χ0n) is 21.9. The molecule has 2 bridgehead atoms. The summed E-state index contributed by atoms with van der Waals surface area (Å²) in [5.41, 5.74) is 4.59. The van der Waals surface area contributed by atoms with Crippen LogP contribution < -0.4 is 15.0 Å². The van der Waals surface area contributed by atoms with Crippen LogP contribution in [0.4, 0.5) is 11.4 Å². The summed E-state index contributed by atoms with van der Waals surface area (Å²) in [6.07, 6.45) is 0. The van der Waals surface area contributed by atoms with Crippen LogP contribution >= 0.6 is 11.6 Å². The van der Waals surface area contributed by atoms with E-state index in [9.17, 15) is 14.4 Å². The Labute approximate surface area is 236 Å². The van der Waals surface area contributed by atoms with Gasteiger partial charge in [0.25, 0.3) is 5.91 Å². The lowest BCUT2D eigenvalue weighted by Crippen LogP contribution is -2.49. The minimum Gasteiger partial charge on any atom is -0.495 e. The van der Waals surface area contributed by atoms with Crippen LogP contribution in [0.15, 0.2) is 91.0 Å². The summed E-state index contributed by atoms with van der Waals surface area (Å²) < 4.78 is 5.34. The molecule has 1 fully saturated rings. The smallest absolute Gasteiger partial charge is 0.255 e. The number of nitrogens with one attached hydrogen (secondary N) is 1. The van der Waals surface area contributed by atoms with Crippen molar-refractivity contribution in [1.82, 2.24) is 0 Å². The maximum absolute atomic E-state index is 14.3. The molecule has 198 valence electrons. The molecule has 2 atom stereocenters. The second kappa shape index (κ2) is 8.80. The molecule has 0 unspecified atom stereocenters. The predicted octanol–water partition coefficient (Wildman–Crippen LogP) is 6.39. The maximum Gasteiger partial charge on any atom is 0.255 e. The summed E-state index contributed by atoms with van der Waals surface area (Å²) in [7, 11) is 1.51. The highest BCUT2D eigenvalue weighted by atomic mass is 35.5. The first-order valence-corrected chi connectivity index (χ1v) is 13.5.